The second-order valence-electron chi connectivity index (χ2n) is 5.82. The summed E-state index contributed by atoms with van der Waals surface area (Å²) >= 11 is 3.29. The van der Waals surface area contributed by atoms with Gasteiger partial charge in [0, 0.05) is 55.7 Å². The molecule has 1 aliphatic carbocycles. The van der Waals surface area contributed by atoms with Crippen molar-refractivity contribution in [2.24, 2.45) is 0 Å². The zero-order valence-corrected chi connectivity index (χ0v) is 23.5. The van der Waals surface area contributed by atoms with Crippen LogP contribution in [0.1, 0.15) is 25.0 Å². The first-order chi connectivity index (χ1) is 15.1. The van der Waals surface area contributed by atoms with E-state index in [1.54, 1.807) is 30.3 Å². The number of halogens is 1. The Balaban J connectivity index is 0. The van der Waals surface area contributed by atoms with Crippen molar-refractivity contribution in [2.45, 2.75) is 13.8 Å². The van der Waals surface area contributed by atoms with Crippen molar-refractivity contribution in [1.82, 2.24) is 0 Å². The Labute approximate surface area is 222 Å². The van der Waals surface area contributed by atoms with Crippen LogP contribution in [0.15, 0.2) is 89.1 Å². The van der Waals surface area contributed by atoms with Crippen molar-refractivity contribution >= 4 is 72.8 Å². The predicted octanol–water partition coefficient (Wildman–Crippen LogP) is 1.30. The van der Waals surface area contributed by atoms with Crippen LogP contribution in [0.25, 0.3) is 11.6 Å². The summed E-state index contributed by atoms with van der Waals surface area (Å²) in [7, 11) is 0. The number of carboxylic acids is 3. The van der Waals surface area contributed by atoms with Crippen LogP contribution in [0.2, 0.25) is 0 Å². The fraction of sp³-hybridized carbons (Fsp3) is 0.0800. The predicted molar refractivity (Wildman–Crippen MR) is 127 cm³/mol. The normalized spacial score (nSPS) is 10.9. The molecule has 0 saturated carbocycles. The molecule has 3 rings (SSSR count). The second-order valence-corrected chi connectivity index (χ2v) is 6.74. The van der Waals surface area contributed by atoms with E-state index in [0.29, 0.717) is 5.56 Å². The van der Waals surface area contributed by atoms with Crippen LogP contribution < -0.4 is 15.3 Å². The van der Waals surface area contributed by atoms with Gasteiger partial charge in [-0.3, -0.25) is 0 Å². The topological polar surface area (TPSA) is 120 Å². The Kier molecular flexibility index (Phi) is 19.6. The van der Waals surface area contributed by atoms with Crippen LogP contribution in [-0.2, 0) is 14.4 Å². The van der Waals surface area contributed by atoms with Gasteiger partial charge in [-0.25, -0.2) is 0 Å². The van der Waals surface area contributed by atoms with Crippen molar-refractivity contribution in [3.63, 3.8) is 0 Å². The van der Waals surface area contributed by atoms with E-state index in [1.807, 2.05) is 61.0 Å². The zero-order valence-electron chi connectivity index (χ0n) is 18.0. The minimum absolute atomic E-state index is 0. The molecule has 0 N–H and O–H groups in total. The molecule has 0 aliphatic heterocycles. The molecule has 0 fully saturated rings. The molecule has 5 radical (unpaired) electrons. The van der Waals surface area contributed by atoms with Gasteiger partial charge in [0.15, 0.2) is 0 Å². The molecular formula is C25H21BrO6Pb-3. The van der Waals surface area contributed by atoms with Gasteiger partial charge in [0.25, 0.3) is 0 Å². The van der Waals surface area contributed by atoms with E-state index in [0.717, 1.165) is 23.9 Å². The van der Waals surface area contributed by atoms with Gasteiger partial charge in [0.1, 0.15) is 0 Å². The molecule has 2 aromatic carbocycles. The number of aliphatic carboxylic acids is 3. The molecule has 0 amide bonds. The summed E-state index contributed by atoms with van der Waals surface area (Å²) in [5.41, 5.74) is 4.59. The average molecular weight is 705 g/mol. The van der Waals surface area contributed by atoms with Gasteiger partial charge in [-0.05, 0) is 49.3 Å². The largest absolute Gasteiger partial charge is 0.550 e. The molecular weight excluding hydrogens is 683 g/mol. The fourth-order valence-corrected chi connectivity index (χ4v) is 2.22. The van der Waals surface area contributed by atoms with Crippen LogP contribution >= 0.6 is 15.9 Å². The van der Waals surface area contributed by atoms with E-state index in [2.05, 4.69) is 21.7 Å². The number of rotatable bonds is 3. The molecule has 2 aromatic rings. The number of hydrogen-bond donors (Lipinski definition) is 0. The van der Waals surface area contributed by atoms with Crippen molar-refractivity contribution in [2.75, 3.05) is 0 Å². The summed E-state index contributed by atoms with van der Waals surface area (Å²) < 4.78 is 1.10. The molecule has 0 atom stereocenters. The van der Waals surface area contributed by atoms with Crippen LogP contribution in [0.5, 0.6) is 0 Å². The summed E-state index contributed by atoms with van der Waals surface area (Å²) in [6.45, 7) is 1.94. The van der Waals surface area contributed by atoms with Gasteiger partial charge in [-0.2, -0.15) is 0 Å². The molecule has 171 valence electrons. The van der Waals surface area contributed by atoms with E-state index >= 15 is 0 Å². The van der Waals surface area contributed by atoms with Crippen molar-refractivity contribution in [1.29, 1.82) is 0 Å². The maximum atomic E-state index is 11.1. The number of carbonyl (C=O) groups is 3. The molecule has 0 unspecified atom stereocenters. The quantitative estimate of drug-likeness (QED) is 0.206. The molecule has 1 aliphatic rings. The summed E-state index contributed by atoms with van der Waals surface area (Å²) in [6.07, 6.45) is 9.23. The molecule has 6 nitrogen and oxygen atoms in total. The van der Waals surface area contributed by atoms with Gasteiger partial charge in [0.2, 0.25) is 0 Å². The average Bonchev–Trinajstić information content (AvgIpc) is 2.73. The van der Waals surface area contributed by atoms with Crippen LogP contribution in [0.3, 0.4) is 0 Å². The van der Waals surface area contributed by atoms with Crippen LogP contribution in [0, 0.1) is 6.42 Å². The monoisotopic (exact) mass is 704 g/mol. The summed E-state index contributed by atoms with van der Waals surface area (Å²) in [6, 6.07) is 18.3. The fourth-order valence-electron chi connectivity index (χ4n) is 1.96. The molecule has 0 heterocycles. The van der Waals surface area contributed by atoms with Crippen LogP contribution in [0.4, 0.5) is 0 Å². The third-order valence-electron chi connectivity index (χ3n) is 3.09. The zero-order chi connectivity index (χ0) is 24.4. The van der Waals surface area contributed by atoms with Crippen molar-refractivity contribution < 1.29 is 29.7 Å². The maximum Gasteiger partial charge on any atom is 0.0721 e. The minimum Gasteiger partial charge on any atom is -0.550 e. The van der Waals surface area contributed by atoms with Gasteiger partial charge < -0.3 is 29.7 Å². The SMILES string of the molecule is BrC1=CC=C=C[CH]1.CC(=O)[O-].CC(=O)[O-].O=C([O-])/C(=C/c1ccccc1)c1ccccc1.[Pb]. The molecule has 33 heavy (non-hydrogen) atoms. The first-order valence-corrected chi connectivity index (χ1v) is 9.93. The molecule has 0 saturated heterocycles. The van der Waals surface area contributed by atoms with E-state index in [-0.39, 0.29) is 32.9 Å². The number of hydrogen-bond acceptors (Lipinski definition) is 6. The van der Waals surface area contributed by atoms with E-state index in [9.17, 15) is 9.90 Å². The van der Waals surface area contributed by atoms with Gasteiger partial charge in [-0.15, -0.1) is 5.73 Å². The first kappa shape index (κ1) is 32.4. The number of carbonyl (C=O) groups excluding carboxylic acids is 3. The molecule has 0 aromatic heterocycles. The molecule has 0 bridgehead atoms. The Hall–Kier alpha value is -2.75. The summed E-state index contributed by atoms with van der Waals surface area (Å²) in [4.78, 5) is 28.9. The maximum absolute atomic E-state index is 11.1. The molecule has 0 spiro atoms. The Morgan fingerprint density at radius 1 is 0.818 bits per heavy atom. The number of allylic oxidation sites excluding steroid dienone is 3. The Morgan fingerprint density at radius 3 is 1.61 bits per heavy atom. The van der Waals surface area contributed by atoms with Crippen LogP contribution in [-0.4, -0.2) is 45.2 Å². The third kappa shape index (κ3) is 19.6. The summed E-state index contributed by atoms with van der Waals surface area (Å²) in [5, 5.41) is 28.9. The van der Waals surface area contributed by atoms with Crippen molar-refractivity contribution in [3.05, 3.63) is 107 Å². The summed E-state index contributed by atoms with van der Waals surface area (Å²) in [5.74, 6) is -3.33. The smallest absolute Gasteiger partial charge is 0.0721 e. The second kappa shape index (κ2) is 19.9. The first-order valence-electron chi connectivity index (χ1n) is 9.13. The Bertz CT molecular complexity index is 972. The Morgan fingerprint density at radius 2 is 1.27 bits per heavy atom. The van der Waals surface area contributed by atoms with Gasteiger partial charge in [-0.1, -0.05) is 76.6 Å². The standard InChI is InChI=1S/C15H12O2.C6H4Br.2C2H4O2.Pb/c16-15(17)14(13-9-5-2-6-10-13)11-12-7-3-1-4-8-12;7-6-4-2-1-3-5-6;2*1-2(3)4;/h1-11H,(H,16,17);2-5H;2*1H3,(H,3,4);/p-3/b14-11+;;;;. The van der Waals surface area contributed by atoms with Gasteiger partial charge >= 0.3 is 0 Å². The van der Waals surface area contributed by atoms with E-state index in [4.69, 9.17) is 19.8 Å². The number of carboxylic acid groups (broad SMARTS) is 3. The number of benzene rings is 2. The minimum atomic E-state index is -1.17. The van der Waals surface area contributed by atoms with E-state index in [1.165, 1.54) is 0 Å². The van der Waals surface area contributed by atoms with E-state index < -0.39 is 17.9 Å². The van der Waals surface area contributed by atoms with Crippen molar-refractivity contribution in [3.8, 4) is 0 Å². The molecule has 8 heteroatoms. The van der Waals surface area contributed by atoms with Gasteiger partial charge in [0.05, 0.1) is 5.97 Å². The third-order valence-corrected chi connectivity index (χ3v) is 3.62.